The second-order valence-corrected chi connectivity index (χ2v) is 4.50. The van der Waals surface area contributed by atoms with E-state index >= 15 is 0 Å². The van der Waals surface area contributed by atoms with Gasteiger partial charge in [-0.2, -0.15) is 0 Å². The molecule has 0 saturated heterocycles. The van der Waals surface area contributed by atoms with Gasteiger partial charge in [0.05, 0.1) is 15.7 Å². The second kappa shape index (κ2) is 3.72. The Hall–Kier alpha value is -0.250. The SMILES string of the molecule is CCc1nc2c(Cl)cc(Cl)cn2c1Br. The fraction of sp³-hybridized carbons (Fsp3) is 0.222. The molecule has 0 aliphatic rings. The van der Waals surface area contributed by atoms with Gasteiger partial charge in [0.1, 0.15) is 4.60 Å². The number of fused-ring (bicyclic) bond motifs is 1. The van der Waals surface area contributed by atoms with Crippen LogP contribution in [-0.2, 0) is 6.42 Å². The van der Waals surface area contributed by atoms with Gasteiger partial charge in [-0.05, 0) is 28.4 Å². The molecule has 0 saturated carbocycles. The van der Waals surface area contributed by atoms with Crippen molar-refractivity contribution in [1.29, 1.82) is 0 Å². The minimum atomic E-state index is 0.568. The van der Waals surface area contributed by atoms with Crippen LogP contribution in [0.15, 0.2) is 16.9 Å². The maximum Gasteiger partial charge on any atom is 0.156 e. The molecule has 0 aliphatic carbocycles. The Kier molecular flexibility index (Phi) is 2.73. The normalized spacial score (nSPS) is 11.1. The van der Waals surface area contributed by atoms with Crippen LogP contribution in [0.25, 0.3) is 5.65 Å². The molecule has 0 amide bonds. The molecule has 0 aromatic carbocycles. The molecule has 0 radical (unpaired) electrons. The molecule has 0 bridgehead atoms. The predicted octanol–water partition coefficient (Wildman–Crippen LogP) is 3.97. The largest absolute Gasteiger partial charge is 0.291 e. The van der Waals surface area contributed by atoms with Gasteiger partial charge in [-0.15, -0.1) is 0 Å². The molecule has 2 nitrogen and oxygen atoms in total. The molecule has 0 atom stereocenters. The highest BCUT2D eigenvalue weighted by Gasteiger charge is 2.11. The molecular formula is C9H7BrCl2N2. The lowest BCUT2D eigenvalue weighted by molar-refractivity contribution is 1.05. The highest BCUT2D eigenvalue weighted by molar-refractivity contribution is 9.10. The number of aryl methyl sites for hydroxylation is 1. The number of rotatable bonds is 1. The summed E-state index contributed by atoms with van der Waals surface area (Å²) in [6.07, 6.45) is 2.65. The average Bonchev–Trinajstić information content (AvgIpc) is 2.44. The minimum absolute atomic E-state index is 0.568. The van der Waals surface area contributed by atoms with Gasteiger partial charge in [-0.1, -0.05) is 30.1 Å². The summed E-state index contributed by atoms with van der Waals surface area (Å²) in [5.74, 6) is 0. The summed E-state index contributed by atoms with van der Waals surface area (Å²) < 4.78 is 2.77. The van der Waals surface area contributed by atoms with Gasteiger partial charge in [0.25, 0.3) is 0 Å². The molecule has 14 heavy (non-hydrogen) atoms. The molecule has 2 rings (SSSR count). The lowest BCUT2D eigenvalue weighted by Crippen LogP contribution is -1.85. The van der Waals surface area contributed by atoms with E-state index < -0.39 is 0 Å². The van der Waals surface area contributed by atoms with E-state index in [1.807, 2.05) is 11.3 Å². The van der Waals surface area contributed by atoms with E-state index in [9.17, 15) is 0 Å². The topological polar surface area (TPSA) is 17.3 Å². The zero-order valence-electron chi connectivity index (χ0n) is 7.39. The molecule has 0 spiro atoms. The fourth-order valence-electron chi connectivity index (χ4n) is 1.32. The summed E-state index contributed by atoms with van der Waals surface area (Å²) >= 11 is 15.4. The zero-order chi connectivity index (χ0) is 10.3. The highest BCUT2D eigenvalue weighted by atomic mass is 79.9. The first kappa shape index (κ1) is 10.3. The number of hydrogen-bond donors (Lipinski definition) is 0. The molecule has 74 valence electrons. The first-order valence-corrected chi connectivity index (χ1v) is 5.70. The van der Waals surface area contributed by atoms with Crippen molar-refractivity contribution in [1.82, 2.24) is 9.38 Å². The maximum atomic E-state index is 6.02. The van der Waals surface area contributed by atoms with E-state index in [-0.39, 0.29) is 0 Å². The third-order valence-electron chi connectivity index (χ3n) is 1.98. The highest BCUT2D eigenvalue weighted by Crippen LogP contribution is 2.27. The number of imidazole rings is 1. The summed E-state index contributed by atoms with van der Waals surface area (Å²) in [4.78, 5) is 4.40. The van der Waals surface area contributed by atoms with Crippen LogP contribution in [0, 0.1) is 0 Å². The summed E-state index contributed by atoms with van der Waals surface area (Å²) in [7, 11) is 0. The van der Waals surface area contributed by atoms with E-state index in [4.69, 9.17) is 23.2 Å². The Balaban J connectivity index is 2.85. The quantitative estimate of drug-likeness (QED) is 0.778. The van der Waals surface area contributed by atoms with Crippen LogP contribution in [-0.4, -0.2) is 9.38 Å². The van der Waals surface area contributed by atoms with Crippen molar-refractivity contribution in [2.75, 3.05) is 0 Å². The van der Waals surface area contributed by atoms with Crippen LogP contribution < -0.4 is 0 Å². The summed E-state index contributed by atoms with van der Waals surface area (Å²) in [5, 5.41) is 1.17. The number of halogens is 3. The van der Waals surface area contributed by atoms with Crippen LogP contribution in [0.1, 0.15) is 12.6 Å². The van der Waals surface area contributed by atoms with Crippen molar-refractivity contribution < 1.29 is 0 Å². The molecule has 0 fully saturated rings. The van der Waals surface area contributed by atoms with Crippen LogP contribution in [0.3, 0.4) is 0 Å². The van der Waals surface area contributed by atoms with Gasteiger partial charge < -0.3 is 0 Å². The first-order chi connectivity index (χ1) is 6.63. The van der Waals surface area contributed by atoms with E-state index in [0.29, 0.717) is 10.0 Å². The summed E-state index contributed by atoms with van der Waals surface area (Å²) in [5.41, 5.74) is 1.72. The monoisotopic (exact) mass is 292 g/mol. The van der Waals surface area contributed by atoms with Crippen LogP contribution in [0.5, 0.6) is 0 Å². The van der Waals surface area contributed by atoms with Crippen molar-refractivity contribution in [2.45, 2.75) is 13.3 Å². The Morgan fingerprint density at radius 3 is 2.86 bits per heavy atom. The van der Waals surface area contributed by atoms with Crippen molar-refractivity contribution in [2.24, 2.45) is 0 Å². The molecule has 5 heteroatoms. The van der Waals surface area contributed by atoms with Crippen molar-refractivity contribution in [3.05, 3.63) is 32.6 Å². The van der Waals surface area contributed by atoms with Gasteiger partial charge >= 0.3 is 0 Å². The molecular weight excluding hydrogens is 287 g/mol. The van der Waals surface area contributed by atoms with E-state index in [1.165, 1.54) is 0 Å². The Labute approximate surface area is 100.0 Å². The second-order valence-electron chi connectivity index (χ2n) is 2.90. The first-order valence-electron chi connectivity index (χ1n) is 4.15. The van der Waals surface area contributed by atoms with Crippen molar-refractivity contribution in [3.63, 3.8) is 0 Å². The zero-order valence-corrected chi connectivity index (χ0v) is 10.5. The Morgan fingerprint density at radius 1 is 1.50 bits per heavy atom. The minimum Gasteiger partial charge on any atom is -0.291 e. The van der Waals surface area contributed by atoms with Gasteiger partial charge in [0.15, 0.2) is 5.65 Å². The number of pyridine rings is 1. The lowest BCUT2D eigenvalue weighted by atomic mass is 10.4. The van der Waals surface area contributed by atoms with Gasteiger partial charge in [0.2, 0.25) is 0 Å². The molecule has 0 aliphatic heterocycles. The summed E-state index contributed by atoms with van der Waals surface area (Å²) in [6, 6.07) is 1.69. The molecule has 0 unspecified atom stereocenters. The predicted molar refractivity (Wildman–Crippen MR) is 62.3 cm³/mol. The Bertz CT molecular complexity index is 493. The maximum absolute atomic E-state index is 6.02. The van der Waals surface area contributed by atoms with Gasteiger partial charge in [-0.3, -0.25) is 4.40 Å². The molecule has 2 aromatic heterocycles. The van der Waals surface area contributed by atoms with Gasteiger partial charge in [0, 0.05) is 6.20 Å². The van der Waals surface area contributed by atoms with Crippen molar-refractivity contribution in [3.8, 4) is 0 Å². The smallest absolute Gasteiger partial charge is 0.156 e. The number of aromatic nitrogens is 2. The number of hydrogen-bond acceptors (Lipinski definition) is 1. The fourth-order valence-corrected chi connectivity index (χ4v) is 2.47. The summed E-state index contributed by atoms with van der Waals surface area (Å²) in [6.45, 7) is 2.04. The molecule has 0 N–H and O–H groups in total. The van der Waals surface area contributed by atoms with E-state index in [0.717, 1.165) is 22.4 Å². The third kappa shape index (κ3) is 1.53. The van der Waals surface area contributed by atoms with Gasteiger partial charge in [-0.25, -0.2) is 4.98 Å². The molecule has 2 heterocycles. The van der Waals surface area contributed by atoms with Crippen LogP contribution >= 0.6 is 39.1 Å². The average molecular weight is 294 g/mol. The standard InChI is InChI=1S/C9H7BrCl2N2/c1-2-7-8(10)14-4-5(11)3-6(12)9(14)13-7/h3-4H,2H2,1H3. The van der Waals surface area contributed by atoms with E-state index in [1.54, 1.807) is 12.3 Å². The molecule has 2 aromatic rings. The third-order valence-corrected chi connectivity index (χ3v) is 3.31. The Morgan fingerprint density at radius 2 is 2.21 bits per heavy atom. The van der Waals surface area contributed by atoms with Crippen molar-refractivity contribution >= 4 is 44.8 Å². The number of nitrogens with zero attached hydrogens (tertiary/aromatic N) is 2. The van der Waals surface area contributed by atoms with Crippen LogP contribution in [0.4, 0.5) is 0 Å². The van der Waals surface area contributed by atoms with Crippen LogP contribution in [0.2, 0.25) is 10.0 Å². The van der Waals surface area contributed by atoms with E-state index in [2.05, 4.69) is 20.9 Å². The lowest BCUT2D eigenvalue weighted by Gasteiger charge is -1.98.